The Morgan fingerprint density at radius 2 is 1.65 bits per heavy atom. The van der Waals surface area contributed by atoms with E-state index in [1.165, 1.54) is 7.11 Å². The van der Waals surface area contributed by atoms with Crippen molar-refractivity contribution in [2.24, 2.45) is 0 Å². The average molecular weight is 568 g/mol. The van der Waals surface area contributed by atoms with Gasteiger partial charge in [-0.3, -0.25) is 4.90 Å². The van der Waals surface area contributed by atoms with Crippen LogP contribution >= 0.6 is 23.9 Å². The quantitative estimate of drug-likeness (QED) is 0.290. The lowest BCUT2D eigenvalue weighted by Crippen LogP contribution is -2.42. The molecule has 0 radical (unpaired) electrons. The monoisotopic (exact) mass is 567 g/mol. The molecular formula is C24H24ClF6N3O2S. The van der Waals surface area contributed by atoms with Crippen LogP contribution in [0.1, 0.15) is 47.0 Å². The molecule has 3 aromatic rings. The van der Waals surface area contributed by atoms with Gasteiger partial charge >= 0.3 is 12.4 Å². The minimum Gasteiger partial charge on any atom is -0.472 e. The Balaban J connectivity index is 0.00000380. The maximum atomic E-state index is 13.3. The number of methoxy groups -OCH3 is 1. The number of hydrogen-bond acceptors (Lipinski definition) is 6. The molecule has 0 saturated carbocycles. The lowest BCUT2D eigenvalue weighted by atomic mass is 9.92. The van der Waals surface area contributed by atoms with Gasteiger partial charge in [-0.1, -0.05) is 30.3 Å². The van der Waals surface area contributed by atoms with Crippen molar-refractivity contribution in [1.29, 1.82) is 0 Å². The molecule has 2 atom stereocenters. The van der Waals surface area contributed by atoms with Gasteiger partial charge in [0.1, 0.15) is 0 Å². The summed E-state index contributed by atoms with van der Waals surface area (Å²) in [5.41, 5.74) is -1.98. The van der Waals surface area contributed by atoms with Gasteiger partial charge in [0.2, 0.25) is 0 Å². The van der Waals surface area contributed by atoms with E-state index in [0.29, 0.717) is 42.7 Å². The second-order valence-electron chi connectivity index (χ2n) is 8.41. The van der Waals surface area contributed by atoms with Gasteiger partial charge in [-0.15, -0.1) is 12.4 Å². The summed E-state index contributed by atoms with van der Waals surface area (Å²) >= 11 is 1.13. The summed E-state index contributed by atoms with van der Waals surface area (Å²) in [5.74, 6) is 0.561. The number of likely N-dealkylation sites (tertiary alicyclic amines) is 1. The Kier molecular flexibility index (Phi) is 9.43. The molecule has 0 spiro atoms. The van der Waals surface area contributed by atoms with E-state index in [1.807, 2.05) is 30.3 Å². The number of hydrogen-bond donors (Lipinski definition) is 0. The van der Waals surface area contributed by atoms with Crippen molar-refractivity contribution in [2.75, 3.05) is 13.7 Å². The SMILES string of the molecule is COc1nc(CN2CCC[C@H](OCc3cc(C(F)(F)F)cc(C(F)(F)F)c3)[C@@H]2c2ccccc2)ns1.Cl. The van der Waals surface area contributed by atoms with Crippen molar-refractivity contribution in [3.8, 4) is 5.19 Å². The number of ether oxygens (including phenoxy) is 2. The van der Waals surface area contributed by atoms with E-state index in [0.717, 1.165) is 23.5 Å². The maximum absolute atomic E-state index is 13.3. The summed E-state index contributed by atoms with van der Waals surface area (Å²) in [6.45, 7) is 0.696. The molecule has 1 aliphatic rings. The molecule has 1 saturated heterocycles. The Hall–Kier alpha value is -2.41. The third-order valence-electron chi connectivity index (χ3n) is 5.90. The summed E-state index contributed by atoms with van der Waals surface area (Å²) in [5, 5.41) is 0.427. The standard InChI is InChI=1S/C24H23F6N3O2S.ClH/c1-34-22-31-20(32-36-22)13-33-9-5-8-19(21(33)16-6-3-2-4-7-16)35-14-15-10-17(23(25,26)27)12-18(11-15)24(28,29)30;/h2-4,6-7,10-12,19,21H,5,8-9,13-14H2,1H3;1H/t19-,21-;/m0./s1. The van der Waals surface area contributed by atoms with E-state index in [4.69, 9.17) is 9.47 Å². The highest BCUT2D eigenvalue weighted by Crippen LogP contribution is 2.38. The van der Waals surface area contributed by atoms with Gasteiger partial charge in [0.05, 0.1) is 43.5 Å². The third kappa shape index (κ3) is 7.34. The molecule has 1 aromatic heterocycles. The highest BCUT2D eigenvalue weighted by Gasteiger charge is 2.38. The van der Waals surface area contributed by atoms with E-state index in [-0.39, 0.29) is 30.1 Å². The van der Waals surface area contributed by atoms with Crippen LogP contribution in [0.15, 0.2) is 48.5 Å². The van der Waals surface area contributed by atoms with Gasteiger partial charge in [0.25, 0.3) is 5.19 Å². The van der Waals surface area contributed by atoms with E-state index < -0.39 is 36.2 Å². The topological polar surface area (TPSA) is 47.5 Å². The predicted molar refractivity (Wildman–Crippen MR) is 128 cm³/mol. The van der Waals surface area contributed by atoms with Crippen LogP contribution in [0.25, 0.3) is 0 Å². The fourth-order valence-electron chi connectivity index (χ4n) is 4.33. The third-order valence-corrected chi connectivity index (χ3v) is 6.62. The normalized spacial score (nSPS) is 18.9. The molecule has 202 valence electrons. The Labute approximate surface area is 220 Å². The zero-order valence-corrected chi connectivity index (χ0v) is 21.2. The second-order valence-corrected chi connectivity index (χ2v) is 9.13. The lowest BCUT2D eigenvalue weighted by Gasteiger charge is -2.41. The summed E-state index contributed by atoms with van der Waals surface area (Å²) in [6.07, 6.45) is -8.97. The molecule has 0 N–H and O–H groups in total. The summed E-state index contributed by atoms with van der Waals surface area (Å²) in [7, 11) is 1.50. The molecule has 5 nitrogen and oxygen atoms in total. The van der Waals surface area contributed by atoms with Gasteiger partial charge < -0.3 is 9.47 Å². The second kappa shape index (κ2) is 12.0. The first kappa shape index (κ1) is 29.2. The van der Waals surface area contributed by atoms with E-state index in [1.54, 1.807) is 0 Å². The Morgan fingerprint density at radius 1 is 1.00 bits per heavy atom. The van der Waals surface area contributed by atoms with Gasteiger partial charge in [-0.2, -0.15) is 35.7 Å². The summed E-state index contributed by atoms with van der Waals surface area (Å²) in [6, 6.07) is 10.7. The van der Waals surface area contributed by atoms with E-state index in [9.17, 15) is 26.3 Å². The molecule has 13 heteroatoms. The molecule has 1 aliphatic heterocycles. The van der Waals surface area contributed by atoms with Crippen LogP contribution in [0.3, 0.4) is 0 Å². The number of halogens is 7. The van der Waals surface area contributed by atoms with Crippen LogP contribution in [-0.4, -0.2) is 34.0 Å². The summed E-state index contributed by atoms with van der Waals surface area (Å²) in [4.78, 5) is 6.43. The van der Waals surface area contributed by atoms with Crippen molar-refractivity contribution >= 4 is 23.9 Å². The van der Waals surface area contributed by atoms with Crippen LogP contribution in [-0.2, 0) is 30.2 Å². The highest BCUT2D eigenvalue weighted by atomic mass is 35.5. The first-order valence-corrected chi connectivity index (χ1v) is 11.9. The molecule has 0 amide bonds. The van der Waals surface area contributed by atoms with E-state index in [2.05, 4.69) is 14.3 Å². The van der Waals surface area contributed by atoms with E-state index >= 15 is 0 Å². The Bertz CT molecular complexity index is 1130. The molecule has 37 heavy (non-hydrogen) atoms. The zero-order chi connectivity index (χ0) is 25.9. The van der Waals surface area contributed by atoms with Crippen LogP contribution in [0, 0.1) is 0 Å². The minimum absolute atomic E-state index is 0. The summed E-state index contributed by atoms with van der Waals surface area (Å²) < 4.78 is 95.0. The Morgan fingerprint density at radius 3 is 2.22 bits per heavy atom. The number of nitrogens with zero attached hydrogens (tertiary/aromatic N) is 3. The molecule has 2 aromatic carbocycles. The fourth-order valence-corrected chi connectivity index (χ4v) is 4.83. The number of aromatic nitrogens is 2. The molecule has 0 unspecified atom stereocenters. The highest BCUT2D eigenvalue weighted by molar-refractivity contribution is 7.07. The van der Waals surface area contributed by atoms with Gasteiger partial charge in [-0.25, -0.2) is 0 Å². The largest absolute Gasteiger partial charge is 0.472 e. The number of benzene rings is 2. The molecular weight excluding hydrogens is 544 g/mol. The number of alkyl halides is 6. The smallest absolute Gasteiger partial charge is 0.416 e. The molecule has 0 bridgehead atoms. The minimum atomic E-state index is -4.91. The van der Waals surface area contributed by atoms with Crippen molar-refractivity contribution in [3.63, 3.8) is 0 Å². The van der Waals surface area contributed by atoms with Crippen LogP contribution in [0.5, 0.6) is 5.19 Å². The van der Waals surface area contributed by atoms with Crippen LogP contribution < -0.4 is 4.74 Å². The predicted octanol–water partition coefficient (Wildman–Crippen LogP) is 6.93. The van der Waals surface area contributed by atoms with Gasteiger partial charge in [-0.05, 0) is 48.7 Å². The number of rotatable bonds is 7. The molecule has 4 rings (SSSR count). The van der Waals surface area contributed by atoms with Crippen LogP contribution in [0.4, 0.5) is 26.3 Å². The average Bonchev–Trinajstić information content (AvgIpc) is 3.29. The van der Waals surface area contributed by atoms with Crippen LogP contribution in [0.2, 0.25) is 0 Å². The van der Waals surface area contributed by atoms with Crippen molar-refractivity contribution < 1.29 is 35.8 Å². The molecule has 1 fully saturated rings. The zero-order valence-electron chi connectivity index (χ0n) is 19.6. The van der Waals surface area contributed by atoms with Gasteiger partial charge in [0.15, 0.2) is 5.82 Å². The first-order valence-electron chi connectivity index (χ1n) is 11.1. The van der Waals surface area contributed by atoms with Crippen molar-refractivity contribution in [3.05, 3.63) is 76.6 Å². The fraction of sp³-hybridized carbons (Fsp3) is 0.417. The maximum Gasteiger partial charge on any atom is 0.416 e. The van der Waals surface area contributed by atoms with Crippen molar-refractivity contribution in [2.45, 2.75) is 50.5 Å². The lowest BCUT2D eigenvalue weighted by molar-refractivity contribution is -0.143. The van der Waals surface area contributed by atoms with Crippen molar-refractivity contribution in [1.82, 2.24) is 14.3 Å². The molecule has 0 aliphatic carbocycles. The van der Waals surface area contributed by atoms with Gasteiger partial charge in [0, 0.05) is 11.5 Å². The first-order chi connectivity index (χ1) is 17.0. The number of piperidine rings is 1. The molecule has 2 heterocycles.